The van der Waals surface area contributed by atoms with Crippen LogP contribution in [0, 0.1) is 17.7 Å². The summed E-state index contributed by atoms with van der Waals surface area (Å²) in [5.74, 6) is 1.30. The maximum absolute atomic E-state index is 13.3. The molecular formula is C18H28FN. The number of hydrogen-bond acceptors (Lipinski definition) is 1. The quantitative estimate of drug-likeness (QED) is 0.697. The van der Waals surface area contributed by atoms with E-state index >= 15 is 0 Å². The average Bonchev–Trinajstić information content (AvgIpc) is 3.19. The van der Waals surface area contributed by atoms with E-state index in [0.29, 0.717) is 5.92 Å². The van der Waals surface area contributed by atoms with E-state index in [1.54, 1.807) is 6.07 Å². The zero-order valence-electron chi connectivity index (χ0n) is 12.9. The standard InChI is InChI=1S/C18H28FN/c1-14(2)5-3-7-16(13-20-18-9-10-18)11-15-6-4-8-17(19)12-15/h4,6,8,12,14,16,18,20H,3,5,7,9-11,13H2,1-2H3. The maximum Gasteiger partial charge on any atom is 0.123 e. The summed E-state index contributed by atoms with van der Waals surface area (Å²) >= 11 is 0. The molecule has 0 amide bonds. The molecule has 0 saturated heterocycles. The summed E-state index contributed by atoms with van der Waals surface area (Å²) in [5.41, 5.74) is 1.14. The minimum absolute atomic E-state index is 0.112. The van der Waals surface area contributed by atoms with E-state index in [-0.39, 0.29) is 5.82 Å². The fourth-order valence-electron chi connectivity index (χ4n) is 2.71. The van der Waals surface area contributed by atoms with Crippen molar-refractivity contribution in [3.8, 4) is 0 Å². The molecule has 1 aliphatic rings. The molecule has 0 radical (unpaired) electrons. The predicted molar refractivity (Wildman–Crippen MR) is 83.3 cm³/mol. The first-order valence-corrected chi connectivity index (χ1v) is 8.11. The molecule has 0 bridgehead atoms. The van der Waals surface area contributed by atoms with E-state index in [4.69, 9.17) is 0 Å². The van der Waals surface area contributed by atoms with Crippen LogP contribution in [-0.4, -0.2) is 12.6 Å². The SMILES string of the molecule is CC(C)CCCC(CNC1CC1)Cc1cccc(F)c1. The molecule has 1 aromatic rings. The van der Waals surface area contributed by atoms with Crippen LogP contribution in [-0.2, 0) is 6.42 Å². The predicted octanol–water partition coefficient (Wildman–Crippen LogP) is 4.56. The number of rotatable bonds is 9. The molecule has 2 rings (SSSR count). The Labute approximate surface area is 123 Å². The lowest BCUT2D eigenvalue weighted by Gasteiger charge is -2.18. The van der Waals surface area contributed by atoms with Crippen LogP contribution in [0.25, 0.3) is 0 Å². The lowest BCUT2D eigenvalue weighted by molar-refractivity contribution is 0.405. The van der Waals surface area contributed by atoms with Crippen LogP contribution in [0.15, 0.2) is 24.3 Å². The third-order valence-electron chi connectivity index (χ3n) is 4.08. The fraction of sp³-hybridized carbons (Fsp3) is 0.667. The molecule has 1 fully saturated rings. The van der Waals surface area contributed by atoms with Crippen LogP contribution < -0.4 is 5.32 Å². The van der Waals surface area contributed by atoms with Crippen molar-refractivity contribution in [2.75, 3.05) is 6.54 Å². The number of nitrogens with one attached hydrogen (secondary N) is 1. The molecule has 0 aromatic heterocycles. The van der Waals surface area contributed by atoms with E-state index in [1.165, 1.54) is 38.2 Å². The summed E-state index contributed by atoms with van der Waals surface area (Å²) in [5, 5.41) is 3.64. The molecule has 2 heteroatoms. The largest absolute Gasteiger partial charge is 0.314 e. The zero-order chi connectivity index (χ0) is 14.4. The lowest BCUT2D eigenvalue weighted by atomic mass is 9.92. The van der Waals surface area contributed by atoms with Crippen molar-refractivity contribution in [1.29, 1.82) is 0 Å². The van der Waals surface area contributed by atoms with E-state index in [9.17, 15) is 4.39 Å². The third-order valence-corrected chi connectivity index (χ3v) is 4.08. The van der Waals surface area contributed by atoms with Crippen molar-refractivity contribution in [2.45, 2.75) is 58.4 Å². The first-order valence-electron chi connectivity index (χ1n) is 8.11. The van der Waals surface area contributed by atoms with Crippen LogP contribution in [0.2, 0.25) is 0 Å². The smallest absolute Gasteiger partial charge is 0.123 e. The van der Waals surface area contributed by atoms with Crippen molar-refractivity contribution >= 4 is 0 Å². The van der Waals surface area contributed by atoms with Gasteiger partial charge in [-0.2, -0.15) is 0 Å². The van der Waals surface area contributed by atoms with Gasteiger partial charge in [0.1, 0.15) is 5.82 Å². The van der Waals surface area contributed by atoms with Crippen LogP contribution >= 0.6 is 0 Å². The maximum atomic E-state index is 13.3. The molecule has 1 atom stereocenters. The van der Waals surface area contributed by atoms with Gasteiger partial charge < -0.3 is 5.32 Å². The van der Waals surface area contributed by atoms with Crippen molar-refractivity contribution in [3.05, 3.63) is 35.6 Å². The second kappa shape index (κ2) is 7.78. The number of hydrogen-bond donors (Lipinski definition) is 1. The zero-order valence-corrected chi connectivity index (χ0v) is 12.9. The van der Waals surface area contributed by atoms with Crippen LogP contribution in [0.4, 0.5) is 4.39 Å². The molecule has 1 unspecified atom stereocenters. The minimum atomic E-state index is -0.112. The molecule has 1 aliphatic carbocycles. The highest BCUT2D eigenvalue weighted by molar-refractivity contribution is 5.17. The normalized spacial score (nSPS) is 16.6. The van der Waals surface area contributed by atoms with Gasteiger partial charge in [0, 0.05) is 6.04 Å². The Balaban J connectivity index is 1.83. The molecule has 20 heavy (non-hydrogen) atoms. The Hall–Kier alpha value is -0.890. The van der Waals surface area contributed by atoms with Gasteiger partial charge in [-0.05, 0) is 61.8 Å². The van der Waals surface area contributed by atoms with Crippen molar-refractivity contribution in [3.63, 3.8) is 0 Å². The highest BCUT2D eigenvalue weighted by Gasteiger charge is 2.22. The molecule has 1 saturated carbocycles. The van der Waals surface area contributed by atoms with E-state index in [2.05, 4.69) is 25.2 Å². The topological polar surface area (TPSA) is 12.0 Å². The summed E-state index contributed by atoms with van der Waals surface area (Å²) in [6.45, 7) is 5.65. The molecule has 0 spiro atoms. The molecule has 1 N–H and O–H groups in total. The average molecular weight is 277 g/mol. The van der Waals surface area contributed by atoms with Gasteiger partial charge in [0.2, 0.25) is 0 Å². The fourth-order valence-corrected chi connectivity index (χ4v) is 2.71. The van der Waals surface area contributed by atoms with Gasteiger partial charge in [-0.25, -0.2) is 4.39 Å². The first-order chi connectivity index (χ1) is 9.63. The number of halogens is 1. The van der Waals surface area contributed by atoms with Gasteiger partial charge in [0.25, 0.3) is 0 Å². The highest BCUT2D eigenvalue weighted by Crippen LogP contribution is 2.22. The Morgan fingerprint density at radius 3 is 2.70 bits per heavy atom. The van der Waals surface area contributed by atoms with E-state index in [0.717, 1.165) is 30.5 Å². The Morgan fingerprint density at radius 2 is 2.05 bits per heavy atom. The van der Waals surface area contributed by atoms with Crippen molar-refractivity contribution in [1.82, 2.24) is 5.32 Å². The summed E-state index contributed by atoms with van der Waals surface area (Å²) in [7, 11) is 0. The van der Waals surface area contributed by atoms with Gasteiger partial charge in [-0.15, -0.1) is 0 Å². The van der Waals surface area contributed by atoms with Crippen LogP contribution in [0.1, 0.15) is 51.5 Å². The highest BCUT2D eigenvalue weighted by atomic mass is 19.1. The summed E-state index contributed by atoms with van der Waals surface area (Å²) in [4.78, 5) is 0. The Kier molecular flexibility index (Phi) is 6.03. The lowest BCUT2D eigenvalue weighted by Crippen LogP contribution is -2.26. The molecular weight excluding hydrogens is 249 g/mol. The second-order valence-corrected chi connectivity index (χ2v) is 6.71. The van der Waals surface area contributed by atoms with E-state index in [1.807, 2.05) is 6.07 Å². The summed E-state index contributed by atoms with van der Waals surface area (Å²) in [6.07, 6.45) is 7.48. The molecule has 0 aliphatic heterocycles. The molecule has 1 nitrogen and oxygen atoms in total. The molecule has 112 valence electrons. The second-order valence-electron chi connectivity index (χ2n) is 6.71. The summed E-state index contributed by atoms with van der Waals surface area (Å²) < 4.78 is 13.3. The molecule has 0 heterocycles. The van der Waals surface area contributed by atoms with Gasteiger partial charge >= 0.3 is 0 Å². The first kappa shape index (κ1) is 15.5. The van der Waals surface area contributed by atoms with Crippen LogP contribution in [0.5, 0.6) is 0 Å². The Bertz CT molecular complexity index is 398. The van der Waals surface area contributed by atoms with Crippen LogP contribution in [0.3, 0.4) is 0 Å². The monoisotopic (exact) mass is 277 g/mol. The third kappa shape index (κ3) is 6.04. The van der Waals surface area contributed by atoms with Gasteiger partial charge in [-0.3, -0.25) is 0 Å². The Morgan fingerprint density at radius 1 is 1.25 bits per heavy atom. The van der Waals surface area contributed by atoms with Gasteiger partial charge in [-0.1, -0.05) is 38.8 Å². The van der Waals surface area contributed by atoms with Gasteiger partial charge in [0.15, 0.2) is 0 Å². The molecule has 1 aromatic carbocycles. The van der Waals surface area contributed by atoms with Crippen molar-refractivity contribution in [2.24, 2.45) is 11.8 Å². The van der Waals surface area contributed by atoms with Gasteiger partial charge in [0.05, 0.1) is 0 Å². The summed E-state index contributed by atoms with van der Waals surface area (Å²) in [6, 6.07) is 7.85. The minimum Gasteiger partial charge on any atom is -0.314 e. The number of benzene rings is 1. The van der Waals surface area contributed by atoms with Crippen molar-refractivity contribution < 1.29 is 4.39 Å². The van der Waals surface area contributed by atoms with E-state index < -0.39 is 0 Å².